The van der Waals surface area contributed by atoms with Crippen LogP contribution in [0.2, 0.25) is 0 Å². The lowest BCUT2D eigenvalue weighted by Crippen LogP contribution is -2.15. The first-order valence-electron chi connectivity index (χ1n) is 7.25. The molecule has 1 N–H and O–H groups in total. The second-order valence-corrected chi connectivity index (χ2v) is 5.87. The monoisotopic (exact) mass is 371 g/mol. The first-order chi connectivity index (χ1) is 11.3. The number of anilines is 1. The average Bonchev–Trinajstić information content (AvgIpc) is 2.60. The molecule has 0 radical (unpaired) electrons. The molecule has 1 aromatic heterocycles. The fourth-order valence-corrected chi connectivity index (χ4v) is 2.81. The number of nitrogens with one attached hydrogen (secondary N) is 1. The summed E-state index contributed by atoms with van der Waals surface area (Å²) in [5, 5.41) is 3.21. The summed E-state index contributed by atoms with van der Waals surface area (Å²) in [5.41, 5.74) is 2.38. The summed E-state index contributed by atoms with van der Waals surface area (Å²) in [7, 11) is 0. The molecule has 3 aromatic rings. The van der Waals surface area contributed by atoms with Gasteiger partial charge in [-0.1, -0.05) is 60.7 Å². The molecule has 3 nitrogen and oxygen atoms in total. The number of hydrogen-bond acceptors (Lipinski definition) is 3. The molecule has 3 rings (SSSR count). The Hall–Kier alpha value is -2.27. The highest BCUT2D eigenvalue weighted by Gasteiger charge is 2.15. The first kappa shape index (κ1) is 15.6. The van der Waals surface area contributed by atoms with Gasteiger partial charge >= 0.3 is 0 Å². The lowest BCUT2D eigenvalue weighted by Gasteiger charge is -2.19. The van der Waals surface area contributed by atoms with Gasteiger partial charge in [-0.25, -0.2) is 9.97 Å². The Bertz CT molecular complexity index is 726. The van der Waals surface area contributed by atoms with Crippen molar-refractivity contribution < 1.29 is 4.39 Å². The molecule has 2 aromatic carbocycles. The molecule has 0 saturated heterocycles. The van der Waals surface area contributed by atoms with Gasteiger partial charge in [-0.3, -0.25) is 0 Å². The van der Waals surface area contributed by atoms with Gasteiger partial charge in [0, 0.05) is 12.5 Å². The first-order valence-corrected chi connectivity index (χ1v) is 8.05. The van der Waals surface area contributed by atoms with E-state index >= 15 is 0 Å². The highest BCUT2D eigenvalue weighted by Crippen LogP contribution is 2.27. The number of benzene rings is 2. The Morgan fingerprint density at radius 3 is 2.04 bits per heavy atom. The summed E-state index contributed by atoms with van der Waals surface area (Å²) in [6.45, 7) is 0.600. The maximum absolute atomic E-state index is 13.5. The van der Waals surface area contributed by atoms with Crippen LogP contribution >= 0.6 is 15.9 Å². The molecule has 0 unspecified atom stereocenters. The largest absolute Gasteiger partial charge is 0.368 e. The van der Waals surface area contributed by atoms with Crippen LogP contribution in [-0.4, -0.2) is 16.5 Å². The third kappa shape index (κ3) is 3.74. The molecule has 0 aliphatic carbocycles. The van der Waals surface area contributed by atoms with Crippen molar-refractivity contribution >= 4 is 21.7 Å². The van der Waals surface area contributed by atoms with Gasteiger partial charge < -0.3 is 5.32 Å². The van der Waals surface area contributed by atoms with Crippen molar-refractivity contribution in [3.8, 4) is 0 Å². The fourth-order valence-electron chi connectivity index (χ4n) is 2.47. The van der Waals surface area contributed by atoms with Crippen molar-refractivity contribution in [2.24, 2.45) is 0 Å². The number of rotatable bonds is 5. The van der Waals surface area contributed by atoms with Crippen LogP contribution in [-0.2, 0) is 0 Å². The third-order valence-electron chi connectivity index (χ3n) is 3.62. The molecule has 0 spiro atoms. The molecular formula is C18H15BrFN3. The van der Waals surface area contributed by atoms with Crippen LogP contribution in [0.3, 0.4) is 0 Å². The maximum atomic E-state index is 13.5. The van der Waals surface area contributed by atoms with Crippen LogP contribution in [0.15, 0.2) is 71.5 Å². The highest BCUT2D eigenvalue weighted by molar-refractivity contribution is 9.10. The Balaban J connectivity index is 1.86. The standard InChI is InChI=1S/C18H15BrFN3/c19-16-17(20)22-12-23-18(16)21-11-15(13-7-3-1-4-8-13)14-9-5-2-6-10-14/h1-10,12,15H,11H2,(H,21,22,23). The van der Waals surface area contributed by atoms with E-state index in [9.17, 15) is 4.39 Å². The van der Waals surface area contributed by atoms with E-state index in [1.54, 1.807) is 0 Å². The number of halogens is 2. The van der Waals surface area contributed by atoms with Gasteiger partial charge in [0.1, 0.15) is 16.6 Å². The molecule has 0 aliphatic rings. The van der Waals surface area contributed by atoms with E-state index in [2.05, 4.69) is 55.5 Å². The normalized spacial score (nSPS) is 10.7. The molecular weight excluding hydrogens is 357 g/mol. The number of aromatic nitrogens is 2. The zero-order valence-corrected chi connectivity index (χ0v) is 13.9. The number of nitrogens with zero attached hydrogens (tertiary/aromatic N) is 2. The zero-order valence-electron chi connectivity index (χ0n) is 12.3. The van der Waals surface area contributed by atoms with E-state index in [0.717, 1.165) is 0 Å². The van der Waals surface area contributed by atoms with E-state index in [1.165, 1.54) is 17.5 Å². The van der Waals surface area contributed by atoms with Gasteiger partial charge in [0.05, 0.1) is 0 Å². The third-order valence-corrected chi connectivity index (χ3v) is 4.33. The molecule has 23 heavy (non-hydrogen) atoms. The van der Waals surface area contributed by atoms with Crippen LogP contribution in [0.25, 0.3) is 0 Å². The molecule has 0 aliphatic heterocycles. The zero-order chi connectivity index (χ0) is 16.1. The molecule has 0 fully saturated rings. The second-order valence-electron chi connectivity index (χ2n) is 5.08. The van der Waals surface area contributed by atoms with Gasteiger partial charge in [-0.05, 0) is 27.1 Å². The van der Waals surface area contributed by atoms with Gasteiger partial charge in [-0.2, -0.15) is 4.39 Å². The molecule has 0 saturated carbocycles. The Labute approximate surface area is 142 Å². The topological polar surface area (TPSA) is 37.8 Å². The van der Waals surface area contributed by atoms with Crippen molar-refractivity contribution in [1.29, 1.82) is 0 Å². The van der Waals surface area contributed by atoms with Crippen molar-refractivity contribution in [3.05, 3.63) is 88.5 Å². The highest BCUT2D eigenvalue weighted by atomic mass is 79.9. The Morgan fingerprint density at radius 1 is 0.913 bits per heavy atom. The Morgan fingerprint density at radius 2 is 1.48 bits per heavy atom. The van der Waals surface area contributed by atoms with Crippen LogP contribution in [0.5, 0.6) is 0 Å². The minimum absolute atomic E-state index is 0.141. The summed E-state index contributed by atoms with van der Waals surface area (Å²) in [6.07, 6.45) is 1.21. The smallest absolute Gasteiger partial charge is 0.232 e. The summed E-state index contributed by atoms with van der Waals surface area (Å²) >= 11 is 3.18. The summed E-state index contributed by atoms with van der Waals surface area (Å²) in [5.74, 6) is 0.0233. The summed E-state index contributed by atoms with van der Waals surface area (Å²) in [6, 6.07) is 20.4. The van der Waals surface area contributed by atoms with Crippen molar-refractivity contribution in [2.45, 2.75) is 5.92 Å². The van der Waals surface area contributed by atoms with E-state index < -0.39 is 5.95 Å². The van der Waals surface area contributed by atoms with Gasteiger partial charge in [0.15, 0.2) is 0 Å². The molecule has 0 amide bonds. The van der Waals surface area contributed by atoms with E-state index in [-0.39, 0.29) is 10.4 Å². The SMILES string of the molecule is Fc1ncnc(NCC(c2ccccc2)c2ccccc2)c1Br. The van der Waals surface area contributed by atoms with Crippen LogP contribution < -0.4 is 5.32 Å². The summed E-state index contributed by atoms with van der Waals surface area (Å²) < 4.78 is 13.8. The second kappa shape index (κ2) is 7.33. The quantitative estimate of drug-likeness (QED) is 0.664. The van der Waals surface area contributed by atoms with Crippen molar-refractivity contribution in [1.82, 2.24) is 9.97 Å². The molecule has 1 heterocycles. The molecule has 0 bridgehead atoms. The van der Waals surface area contributed by atoms with E-state index in [1.807, 2.05) is 36.4 Å². The minimum atomic E-state index is -0.571. The van der Waals surface area contributed by atoms with Crippen molar-refractivity contribution in [2.75, 3.05) is 11.9 Å². The predicted octanol–water partition coefficient (Wildman–Crippen LogP) is 4.62. The predicted molar refractivity (Wildman–Crippen MR) is 92.9 cm³/mol. The van der Waals surface area contributed by atoms with Gasteiger partial charge in [-0.15, -0.1) is 0 Å². The fraction of sp³-hybridized carbons (Fsp3) is 0.111. The van der Waals surface area contributed by atoms with Gasteiger partial charge in [0.2, 0.25) is 5.95 Å². The van der Waals surface area contributed by atoms with Crippen molar-refractivity contribution in [3.63, 3.8) is 0 Å². The molecule has 5 heteroatoms. The number of hydrogen-bond donors (Lipinski definition) is 1. The lowest BCUT2D eigenvalue weighted by atomic mass is 9.91. The van der Waals surface area contributed by atoms with E-state index in [4.69, 9.17) is 0 Å². The maximum Gasteiger partial charge on any atom is 0.232 e. The Kier molecular flexibility index (Phi) is 4.98. The molecule has 0 atom stereocenters. The van der Waals surface area contributed by atoms with Crippen LogP contribution in [0, 0.1) is 5.95 Å². The lowest BCUT2D eigenvalue weighted by molar-refractivity contribution is 0.573. The van der Waals surface area contributed by atoms with Gasteiger partial charge in [0.25, 0.3) is 0 Å². The van der Waals surface area contributed by atoms with Crippen LogP contribution in [0.4, 0.5) is 10.2 Å². The van der Waals surface area contributed by atoms with E-state index in [0.29, 0.717) is 12.4 Å². The minimum Gasteiger partial charge on any atom is -0.368 e. The molecule has 116 valence electrons. The average molecular weight is 372 g/mol. The summed E-state index contributed by atoms with van der Waals surface area (Å²) in [4.78, 5) is 7.61. The van der Waals surface area contributed by atoms with Crippen LogP contribution in [0.1, 0.15) is 17.0 Å².